The van der Waals surface area contributed by atoms with Gasteiger partial charge in [0.2, 0.25) is 0 Å². The maximum absolute atomic E-state index is 5.12. The van der Waals surface area contributed by atoms with Crippen LogP contribution in [0.3, 0.4) is 0 Å². The summed E-state index contributed by atoms with van der Waals surface area (Å²) in [5.41, 5.74) is 0. The fourth-order valence-electron chi connectivity index (χ4n) is 0.542. The van der Waals surface area contributed by atoms with Gasteiger partial charge in [0.1, 0.15) is 0 Å². The smallest absolute Gasteiger partial charge is 0.196 e. The lowest BCUT2D eigenvalue weighted by Gasteiger charge is -1.99. The average Bonchev–Trinajstić information content (AvgIpc) is 1.95. The Morgan fingerprint density at radius 1 is 1.50 bits per heavy atom. The second kappa shape index (κ2) is 3.51. The molecule has 1 aromatic heterocycles. The van der Waals surface area contributed by atoms with Crippen LogP contribution >= 0.6 is 15.9 Å². The van der Waals surface area contributed by atoms with Gasteiger partial charge in [0.15, 0.2) is 10.5 Å². The summed E-state index contributed by atoms with van der Waals surface area (Å²) in [4.78, 5) is 7.76. The Balaban J connectivity index is 2.69. The fraction of sp³-hybridized carbons (Fsp3) is 0.333. The number of hydrogen-bond acceptors (Lipinski definition) is 3. The highest BCUT2D eigenvalue weighted by Gasteiger charge is 1.91. The molecule has 1 aromatic rings. The van der Waals surface area contributed by atoms with E-state index in [1.807, 2.05) is 6.92 Å². The maximum atomic E-state index is 5.12. The monoisotopic (exact) mass is 202 g/mol. The van der Waals surface area contributed by atoms with Crippen LogP contribution in [0.25, 0.3) is 0 Å². The van der Waals surface area contributed by atoms with E-state index in [0.717, 1.165) is 0 Å². The molecule has 0 aliphatic heterocycles. The summed E-state index contributed by atoms with van der Waals surface area (Å²) in [6.07, 6.45) is 3.25. The number of ether oxygens (including phenoxy) is 1. The van der Waals surface area contributed by atoms with Gasteiger partial charge in [-0.25, -0.2) is 9.97 Å². The van der Waals surface area contributed by atoms with Gasteiger partial charge in [-0.3, -0.25) is 0 Å². The minimum Gasteiger partial charge on any atom is -0.491 e. The van der Waals surface area contributed by atoms with Crippen LogP contribution in [0, 0.1) is 0 Å². The predicted octanol–water partition coefficient (Wildman–Crippen LogP) is 1.64. The predicted molar refractivity (Wildman–Crippen MR) is 40.9 cm³/mol. The van der Waals surface area contributed by atoms with Crippen LogP contribution in [0.1, 0.15) is 6.92 Å². The SMILES string of the molecule is CCOc1cnc(Br)nc1. The van der Waals surface area contributed by atoms with Gasteiger partial charge < -0.3 is 4.74 Å². The molecule has 0 N–H and O–H groups in total. The highest BCUT2D eigenvalue weighted by Crippen LogP contribution is 2.08. The van der Waals surface area contributed by atoms with Crippen molar-refractivity contribution in [2.45, 2.75) is 6.92 Å². The van der Waals surface area contributed by atoms with E-state index in [2.05, 4.69) is 25.9 Å². The van der Waals surface area contributed by atoms with E-state index in [-0.39, 0.29) is 0 Å². The van der Waals surface area contributed by atoms with Gasteiger partial charge in [-0.05, 0) is 22.9 Å². The first-order valence-corrected chi connectivity index (χ1v) is 3.72. The second-order valence-corrected chi connectivity index (χ2v) is 2.33. The van der Waals surface area contributed by atoms with Gasteiger partial charge in [0.05, 0.1) is 19.0 Å². The van der Waals surface area contributed by atoms with Crippen molar-refractivity contribution < 1.29 is 4.74 Å². The zero-order chi connectivity index (χ0) is 7.40. The summed E-state index contributed by atoms with van der Waals surface area (Å²) < 4.78 is 5.69. The lowest BCUT2D eigenvalue weighted by Crippen LogP contribution is -1.92. The molecular formula is C6H7BrN2O. The third kappa shape index (κ3) is 1.95. The van der Waals surface area contributed by atoms with Crippen LogP contribution in [-0.4, -0.2) is 16.6 Å². The standard InChI is InChI=1S/C6H7BrN2O/c1-2-10-5-3-8-6(7)9-4-5/h3-4H,2H2,1H3. The number of hydrogen-bond donors (Lipinski definition) is 0. The third-order valence-corrected chi connectivity index (χ3v) is 1.32. The van der Waals surface area contributed by atoms with Crippen molar-refractivity contribution in [1.29, 1.82) is 0 Å². The maximum Gasteiger partial charge on any atom is 0.196 e. The van der Waals surface area contributed by atoms with E-state index >= 15 is 0 Å². The molecule has 0 aromatic carbocycles. The molecule has 54 valence electrons. The van der Waals surface area contributed by atoms with Crippen LogP contribution in [0.2, 0.25) is 0 Å². The first-order chi connectivity index (χ1) is 4.83. The Labute approximate surface area is 67.6 Å². The van der Waals surface area contributed by atoms with E-state index < -0.39 is 0 Å². The van der Waals surface area contributed by atoms with E-state index in [1.54, 1.807) is 12.4 Å². The highest BCUT2D eigenvalue weighted by atomic mass is 79.9. The zero-order valence-electron chi connectivity index (χ0n) is 5.54. The lowest BCUT2D eigenvalue weighted by molar-refractivity contribution is 0.337. The lowest BCUT2D eigenvalue weighted by atomic mass is 10.6. The largest absolute Gasteiger partial charge is 0.491 e. The number of nitrogens with zero attached hydrogens (tertiary/aromatic N) is 2. The molecule has 0 saturated carbocycles. The molecular weight excluding hydrogens is 196 g/mol. The van der Waals surface area contributed by atoms with Crippen molar-refractivity contribution in [2.24, 2.45) is 0 Å². The summed E-state index contributed by atoms with van der Waals surface area (Å²) in [5, 5.41) is 0. The molecule has 0 unspecified atom stereocenters. The molecule has 0 amide bonds. The van der Waals surface area contributed by atoms with Crippen molar-refractivity contribution in [1.82, 2.24) is 9.97 Å². The Morgan fingerprint density at radius 3 is 2.60 bits per heavy atom. The van der Waals surface area contributed by atoms with Crippen LogP contribution in [-0.2, 0) is 0 Å². The van der Waals surface area contributed by atoms with Crippen molar-refractivity contribution in [3.8, 4) is 5.75 Å². The number of halogens is 1. The first kappa shape index (κ1) is 7.47. The van der Waals surface area contributed by atoms with E-state index in [0.29, 0.717) is 17.1 Å². The summed E-state index contributed by atoms with van der Waals surface area (Å²) >= 11 is 3.12. The molecule has 1 heterocycles. The Bertz CT molecular complexity index is 199. The number of aromatic nitrogens is 2. The Hall–Kier alpha value is -0.640. The molecule has 3 nitrogen and oxygen atoms in total. The third-order valence-electron chi connectivity index (χ3n) is 0.908. The first-order valence-electron chi connectivity index (χ1n) is 2.93. The molecule has 0 fully saturated rings. The van der Waals surface area contributed by atoms with Gasteiger partial charge in [-0.1, -0.05) is 0 Å². The molecule has 10 heavy (non-hydrogen) atoms. The second-order valence-electron chi connectivity index (χ2n) is 1.62. The van der Waals surface area contributed by atoms with Crippen molar-refractivity contribution in [2.75, 3.05) is 6.61 Å². The van der Waals surface area contributed by atoms with Crippen molar-refractivity contribution in [3.63, 3.8) is 0 Å². The molecule has 4 heteroatoms. The van der Waals surface area contributed by atoms with E-state index in [9.17, 15) is 0 Å². The molecule has 0 aliphatic rings. The van der Waals surface area contributed by atoms with Gasteiger partial charge in [0, 0.05) is 0 Å². The molecule has 0 aliphatic carbocycles. The average molecular weight is 203 g/mol. The van der Waals surface area contributed by atoms with E-state index in [1.165, 1.54) is 0 Å². The van der Waals surface area contributed by atoms with Crippen molar-refractivity contribution in [3.05, 3.63) is 17.1 Å². The normalized spacial score (nSPS) is 9.40. The molecule has 0 bridgehead atoms. The van der Waals surface area contributed by atoms with Gasteiger partial charge in [-0.15, -0.1) is 0 Å². The van der Waals surface area contributed by atoms with Crippen molar-refractivity contribution >= 4 is 15.9 Å². The van der Waals surface area contributed by atoms with Gasteiger partial charge >= 0.3 is 0 Å². The Morgan fingerprint density at radius 2 is 2.10 bits per heavy atom. The fourth-order valence-corrected chi connectivity index (χ4v) is 0.746. The van der Waals surface area contributed by atoms with Crippen LogP contribution in [0.4, 0.5) is 0 Å². The molecule has 0 atom stereocenters. The quantitative estimate of drug-likeness (QED) is 0.685. The van der Waals surface area contributed by atoms with Crippen LogP contribution < -0.4 is 4.74 Å². The van der Waals surface area contributed by atoms with Crippen LogP contribution in [0.5, 0.6) is 5.75 Å². The summed E-state index contributed by atoms with van der Waals surface area (Å²) in [6, 6.07) is 0. The molecule has 0 radical (unpaired) electrons. The Kier molecular flexibility index (Phi) is 2.62. The summed E-state index contributed by atoms with van der Waals surface area (Å²) in [7, 11) is 0. The minimum absolute atomic E-state index is 0.580. The topological polar surface area (TPSA) is 35.0 Å². The van der Waals surface area contributed by atoms with Gasteiger partial charge in [-0.2, -0.15) is 0 Å². The summed E-state index contributed by atoms with van der Waals surface area (Å²) in [6.45, 7) is 2.56. The van der Waals surface area contributed by atoms with Crippen LogP contribution in [0.15, 0.2) is 17.1 Å². The molecule has 0 saturated heterocycles. The summed E-state index contributed by atoms with van der Waals surface area (Å²) in [5.74, 6) is 0.700. The number of rotatable bonds is 2. The molecule has 0 spiro atoms. The molecule has 1 rings (SSSR count). The van der Waals surface area contributed by atoms with E-state index in [4.69, 9.17) is 4.74 Å². The highest BCUT2D eigenvalue weighted by molar-refractivity contribution is 9.10. The zero-order valence-corrected chi connectivity index (χ0v) is 7.13. The minimum atomic E-state index is 0.580. The van der Waals surface area contributed by atoms with Gasteiger partial charge in [0.25, 0.3) is 0 Å².